The SMILES string of the molecule is CCCOOCCCOCC(COCCCCCCOP(OCCC#N)N(C(C)C)C(C)C)(COCCCOO)COCCCOOCCC.[Ir]. The van der Waals surface area contributed by atoms with Gasteiger partial charge in [-0.05, 0) is 72.6 Å². The fraction of sp³-hybridized carbons (Fsp3) is 0.971. The van der Waals surface area contributed by atoms with E-state index in [9.17, 15) is 0 Å². The summed E-state index contributed by atoms with van der Waals surface area (Å²) in [6.45, 7) is 19.4. The molecule has 0 rings (SSSR count). The second-order valence-corrected chi connectivity index (χ2v) is 14.1. The van der Waals surface area contributed by atoms with Crippen LogP contribution in [-0.2, 0) is 72.5 Å². The van der Waals surface area contributed by atoms with E-state index in [2.05, 4.69) is 43.3 Å². The van der Waals surface area contributed by atoms with Gasteiger partial charge in [-0.25, -0.2) is 29.1 Å². The maximum absolute atomic E-state index is 8.92. The van der Waals surface area contributed by atoms with Gasteiger partial charge in [0.25, 0.3) is 8.53 Å². The zero-order chi connectivity index (χ0) is 37.0. The van der Waals surface area contributed by atoms with Gasteiger partial charge >= 0.3 is 0 Å². The Hall–Kier alpha value is 0.0494. The molecule has 0 aromatic rings. The van der Waals surface area contributed by atoms with Crippen molar-refractivity contribution in [2.75, 3.05) is 99.1 Å². The Morgan fingerprint density at radius 3 is 1.41 bits per heavy atom. The minimum atomic E-state index is -1.21. The van der Waals surface area contributed by atoms with Crippen molar-refractivity contribution < 1.29 is 77.8 Å². The molecule has 0 saturated carbocycles. The molecule has 0 bridgehead atoms. The molecular weight excluding hydrogens is 864 g/mol. The monoisotopic (exact) mass is 935 g/mol. The molecule has 1 N–H and O–H groups in total. The van der Waals surface area contributed by atoms with Crippen LogP contribution < -0.4 is 0 Å². The molecule has 51 heavy (non-hydrogen) atoms. The van der Waals surface area contributed by atoms with Gasteiger partial charge in [0.15, 0.2) is 0 Å². The maximum Gasteiger partial charge on any atom is 0.259 e. The Balaban J connectivity index is 0. The molecule has 1 radical (unpaired) electrons. The summed E-state index contributed by atoms with van der Waals surface area (Å²) in [5.41, 5.74) is -0.533. The number of hydrogen-bond donors (Lipinski definition) is 1. The van der Waals surface area contributed by atoms with E-state index in [1.807, 2.05) is 13.8 Å². The van der Waals surface area contributed by atoms with E-state index >= 15 is 0 Å². The molecule has 1 atom stereocenters. The molecule has 16 heteroatoms. The Morgan fingerprint density at radius 2 is 0.980 bits per heavy atom. The fourth-order valence-corrected chi connectivity index (χ4v) is 6.22. The Labute approximate surface area is 323 Å². The van der Waals surface area contributed by atoms with Crippen molar-refractivity contribution in [3.05, 3.63) is 0 Å². The summed E-state index contributed by atoms with van der Waals surface area (Å²) >= 11 is 0. The van der Waals surface area contributed by atoms with Crippen molar-refractivity contribution in [1.82, 2.24) is 4.67 Å². The molecule has 0 heterocycles. The van der Waals surface area contributed by atoms with Crippen molar-refractivity contribution >= 4 is 8.53 Å². The minimum absolute atomic E-state index is 0. The van der Waals surface area contributed by atoms with E-state index in [0.29, 0.717) is 118 Å². The summed E-state index contributed by atoms with van der Waals surface area (Å²) in [6.07, 6.45) is 7.93. The summed E-state index contributed by atoms with van der Waals surface area (Å²) < 4.78 is 38.9. The Kier molecular flexibility index (Phi) is 41.4. The topological polar surface area (TPSA) is 149 Å². The normalized spacial score (nSPS) is 12.6. The van der Waals surface area contributed by atoms with Gasteiger partial charge in [-0.15, -0.1) is 0 Å². The molecule has 0 aromatic carbocycles. The zero-order valence-corrected chi connectivity index (χ0v) is 35.7. The van der Waals surface area contributed by atoms with Crippen LogP contribution in [0.15, 0.2) is 0 Å². The standard InChI is InChI=1S/C35H71N2O12P.Ir/c1-7-18-44-46-25-15-22-41-31-35(30-40-21-14-24-43-38,32-42-23-16-26-47-45-19-8-2)29-39-20-11-9-10-12-27-48-50(49-28-13-17-36)37(33(3)4)34(5)6;/h33-34,38H,7-16,18-32H2,1-6H3;. The molecule has 0 aliphatic rings. The van der Waals surface area contributed by atoms with Crippen LogP contribution in [0.3, 0.4) is 0 Å². The Morgan fingerprint density at radius 1 is 0.569 bits per heavy atom. The first-order valence-electron chi connectivity index (χ1n) is 18.6. The molecule has 0 aliphatic heterocycles. The molecule has 0 amide bonds. The molecular formula is C35H71IrN2O12P. The molecule has 0 saturated heterocycles. The second-order valence-electron chi connectivity index (χ2n) is 12.7. The van der Waals surface area contributed by atoms with Gasteiger partial charge < -0.3 is 28.0 Å². The van der Waals surface area contributed by atoms with Crippen LogP contribution in [0.1, 0.15) is 106 Å². The van der Waals surface area contributed by atoms with Gasteiger partial charge in [-0.1, -0.05) is 26.7 Å². The van der Waals surface area contributed by atoms with E-state index in [1.165, 1.54) is 0 Å². The van der Waals surface area contributed by atoms with E-state index in [1.54, 1.807) is 0 Å². The van der Waals surface area contributed by atoms with Crippen molar-refractivity contribution in [2.24, 2.45) is 5.41 Å². The summed E-state index contributed by atoms with van der Waals surface area (Å²) in [7, 11) is -1.21. The first-order chi connectivity index (χ1) is 24.4. The van der Waals surface area contributed by atoms with Crippen molar-refractivity contribution in [2.45, 2.75) is 118 Å². The molecule has 0 fully saturated rings. The third-order valence-corrected chi connectivity index (χ3v) is 9.09. The summed E-state index contributed by atoms with van der Waals surface area (Å²) in [4.78, 5) is 24.8. The summed E-state index contributed by atoms with van der Waals surface area (Å²) in [6, 6.07) is 2.70. The van der Waals surface area contributed by atoms with Crippen LogP contribution in [0.2, 0.25) is 0 Å². The third-order valence-electron chi connectivity index (χ3n) is 6.98. The average Bonchev–Trinajstić information content (AvgIpc) is 3.09. The molecule has 0 spiro atoms. The second kappa shape index (κ2) is 39.7. The first-order valence-corrected chi connectivity index (χ1v) is 19.8. The van der Waals surface area contributed by atoms with Crippen LogP contribution in [-0.4, -0.2) is 121 Å². The van der Waals surface area contributed by atoms with E-state index in [4.69, 9.17) is 58.1 Å². The van der Waals surface area contributed by atoms with Crippen LogP contribution in [0.4, 0.5) is 0 Å². The number of nitriles is 1. The molecule has 0 aliphatic carbocycles. The fourth-order valence-electron chi connectivity index (χ4n) is 4.59. The molecule has 0 aromatic heterocycles. The van der Waals surface area contributed by atoms with Gasteiger partial charge in [0.1, 0.15) is 0 Å². The first kappa shape index (κ1) is 53.2. The predicted molar refractivity (Wildman–Crippen MR) is 192 cm³/mol. The smallest absolute Gasteiger partial charge is 0.259 e. The van der Waals surface area contributed by atoms with E-state index in [0.717, 1.165) is 38.5 Å². The molecule has 307 valence electrons. The van der Waals surface area contributed by atoms with Crippen molar-refractivity contribution in [1.29, 1.82) is 5.26 Å². The number of rotatable bonds is 40. The van der Waals surface area contributed by atoms with E-state index < -0.39 is 13.9 Å². The molecule has 1 unspecified atom stereocenters. The maximum atomic E-state index is 8.92. The number of hydrogen-bond acceptors (Lipinski definition) is 14. The van der Waals surface area contributed by atoms with Crippen LogP contribution in [0.25, 0.3) is 0 Å². The number of unbranched alkanes of at least 4 members (excludes halogenated alkanes) is 3. The summed E-state index contributed by atoms with van der Waals surface area (Å²) in [5.74, 6) is 0. The van der Waals surface area contributed by atoms with Crippen molar-refractivity contribution in [3.8, 4) is 6.07 Å². The van der Waals surface area contributed by atoms with Crippen LogP contribution in [0.5, 0.6) is 0 Å². The van der Waals surface area contributed by atoms with Gasteiger partial charge in [0.05, 0.1) is 90.6 Å². The minimum Gasteiger partial charge on any atom is -0.381 e. The number of nitrogens with zero attached hydrogens (tertiary/aromatic N) is 2. The van der Waals surface area contributed by atoms with Gasteiger partial charge in [0, 0.05) is 58.6 Å². The quantitative estimate of drug-likeness (QED) is 0.0284. The van der Waals surface area contributed by atoms with Gasteiger partial charge in [-0.2, -0.15) is 5.26 Å². The average molecular weight is 935 g/mol. The largest absolute Gasteiger partial charge is 0.381 e. The summed E-state index contributed by atoms with van der Waals surface area (Å²) in [5, 5.41) is 17.6. The van der Waals surface area contributed by atoms with Gasteiger partial charge in [-0.3, -0.25) is 5.26 Å². The molecule has 14 nitrogen and oxygen atoms in total. The Bertz CT molecular complexity index is 730. The predicted octanol–water partition coefficient (Wildman–Crippen LogP) is 7.27. The zero-order valence-electron chi connectivity index (χ0n) is 32.4. The van der Waals surface area contributed by atoms with Crippen molar-refractivity contribution in [3.63, 3.8) is 0 Å². The van der Waals surface area contributed by atoms with Crippen LogP contribution in [0, 0.1) is 16.7 Å². The van der Waals surface area contributed by atoms with Crippen LogP contribution >= 0.6 is 8.53 Å². The number of ether oxygens (including phenoxy) is 4. The van der Waals surface area contributed by atoms with Gasteiger partial charge in [0.2, 0.25) is 0 Å². The third kappa shape index (κ3) is 32.0. The van der Waals surface area contributed by atoms with E-state index in [-0.39, 0.29) is 38.8 Å².